The molecule has 1 aliphatic carbocycles. The largest absolute Gasteiger partial charge is 0.308 e. The van der Waals surface area contributed by atoms with Gasteiger partial charge in [0.1, 0.15) is 0 Å². The minimum atomic E-state index is 0.427. The van der Waals surface area contributed by atoms with Gasteiger partial charge in [-0.3, -0.25) is 4.98 Å². The van der Waals surface area contributed by atoms with Gasteiger partial charge in [0.2, 0.25) is 0 Å². The maximum Gasteiger partial charge on any atom is 0.0605 e. The molecule has 0 aliphatic heterocycles. The van der Waals surface area contributed by atoms with E-state index in [1.807, 2.05) is 6.20 Å². The summed E-state index contributed by atoms with van der Waals surface area (Å²) in [6.07, 6.45) is 7.26. The highest BCUT2D eigenvalue weighted by atomic mass is 14.9. The van der Waals surface area contributed by atoms with E-state index >= 15 is 0 Å². The fraction of sp³-hybridized carbons (Fsp3) is 0.737. The van der Waals surface area contributed by atoms with Crippen LogP contribution in [0.2, 0.25) is 0 Å². The summed E-state index contributed by atoms with van der Waals surface area (Å²) in [6, 6.07) is 2.70. The van der Waals surface area contributed by atoms with Crippen LogP contribution < -0.4 is 5.32 Å². The van der Waals surface area contributed by atoms with Crippen molar-refractivity contribution in [2.45, 2.75) is 66.3 Å². The Morgan fingerprint density at radius 1 is 1.19 bits per heavy atom. The van der Waals surface area contributed by atoms with E-state index in [1.54, 1.807) is 0 Å². The Labute approximate surface area is 130 Å². The molecule has 1 heterocycles. The van der Waals surface area contributed by atoms with Crippen molar-refractivity contribution in [2.24, 2.45) is 17.8 Å². The van der Waals surface area contributed by atoms with E-state index < -0.39 is 0 Å². The van der Waals surface area contributed by atoms with Gasteiger partial charge in [-0.2, -0.15) is 0 Å². The van der Waals surface area contributed by atoms with Crippen molar-refractivity contribution in [3.05, 3.63) is 29.1 Å². The molecule has 0 radical (unpaired) electrons. The molecule has 2 heteroatoms. The molecule has 3 atom stereocenters. The van der Waals surface area contributed by atoms with E-state index in [1.165, 1.54) is 42.5 Å². The maximum absolute atomic E-state index is 4.79. The topological polar surface area (TPSA) is 24.9 Å². The molecule has 1 aromatic heterocycles. The minimum Gasteiger partial charge on any atom is -0.308 e. The van der Waals surface area contributed by atoms with Crippen LogP contribution in [0.5, 0.6) is 0 Å². The average molecular weight is 288 g/mol. The lowest BCUT2D eigenvalue weighted by Crippen LogP contribution is -2.34. The van der Waals surface area contributed by atoms with Crippen LogP contribution >= 0.6 is 0 Å². The molecular formula is C19H32N2. The summed E-state index contributed by atoms with van der Waals surface area (Å²) in [5.41, 5.74) is 3.88. The zero-order chi connectivity index (χ0) is 15.4. The number of pyridine rings is 1. The highest BCUT2D eigenvalue weighted by Gasteiger charge is 2.31. The number of hydrogen-bond acceptors (Lipinski definition) is 2. The van der Waals surface area contributed by atoms with Crippen molar-refractivity contribution >= 4 is 0 Å². The second kappa shape index (κ2) is 7.40. The van der Waals surface area contributed by atoms with Gasteiger partial charge in [0.05, 0.1) is 11.7 Å². The Bertz CT molecular complexity index is 445. The number of aromatic nitrogens is 1. The smallest absolute Gasteiger partial charge is 0.0605 e. The van der Waals surface area contributed by atoms with Crippen LogP contribution in [-0.2, 0) is 0 Å². The molecule has 0 bridgehead atoms. The number of nitrogens with zero attached hydrogens (tertiary/aromatic N) is 1. The first-order valence-corrected chi connectivity index (χ1v) is 8.67. The van der Waals surface area contributed by atoms with Gasteiger partial charge in [0, 0.05) is 6.20 Å². The van der Waals surface area contributed by atoms with E-state index in [9.17, 15) is 0 Å². The highest BCUT2D eigenvalue weighted by molar-refractivity contribution is 5.26. The molecule has 0 saturated heterocycles. The van der Waals surface area contributed by atoms with Crippen LogP contribution in [0, 0.1) is 31.6 Å². The van der Waals surface area contributed by atoms with Crippen molar-refractivity contribution in [2.75, 3.05) is 6.54 Å². The summed E-state index contributed by atoms with van der Waals surface area (Å²) >= 11 is 0. The highest BCUT2D eigenvalue weighted by Crippen LogP contribution is 2.40. The Hall–Kier alpha value is -0.890. The van der Waals surface area contributed by atoms with Gasteiger partial charge in [-0.1, -0.05) is 26.8 Å². The summed E-state index contributed by atoms with van der Waals surface area (Å²) in [7, 11) is 0. The van der Waals surface area contributed by atoms with Crippen LogP contribution in [0.1, 0.15) is 69.3 Å². The molecule has 0 spiro atoms. The van der Waals surface area contributed by atoms with Crippen molar-refractivity contribution in [3.8, 4) is 0 Å². The molecule has 2 rings (SSSR count). The first kappa shape index (κ1) is 16.5. The lowest BCUT2D eigenvalue weighted by Gasteiger charge is -2.37. The summed E-state index contributed by atoms with van der Waals surface area (Å²) in [5, 5.41) is 3.79. The molecule has 2 nitrogen and oxygen atoms in total. The lowest BCUT2D eigenvalue weighted by atomic mass is 9.72. The Morgan fingerprint density at radius 3 is 2.43 bits per heavy atom. The number of aryl methyl sites for hydroxylation is 2. The van der Waals surface area contributed by atoms with Crippen LogP contribution in [0.3, 0.4) is 0 Å². The minimum absolute atomic E-state index is 0.427. The van der Waals surface area contributed by atoms with E-state index in [-0.39, 0.29) is 0 Å². The van der Waals surface area contributed by atoms with Crippen molar-refractivity contribution in [1.29, 1.82) is 0 Å². The van der Waals surface area contributed by atoms with E-state index in [0.717, 1.165) is 24.3 Å². The second-order valence-electron chi connectivity index (χ2n) is 7.32. The van der Waals surface area contributed by atoms with Crippen molar-refractivity contribution in [1.82, 2.24) is 10.3 Å². The van der Waals surface area contributed by atoms with Gasteiger partial charge in [0.25, 0.3) is 0 Å². The fourth-order valence-electron chi connectivity index (χ4n) is 4.12. The van der Waals surface area contributed by atoms with E-state index in [2.05, 4.69) is 46.0 Å². The van der Waals surface area contributed by atoms with Gasteiger partial charge in [-0.15, -0.1) is 0 Å². The Balaban J connectivity index is 2.24. The first-order valence-electron chi connectivity index (χ1n) is 8.67. The Morgan fingerprint density at radius 2 is 1.86 bits per heavy atom. The fourth-order valence-corrected chi connectivity index (χ4v) is 4.12. The van der Waals surface area contributed by atoms with E-state index in [4.69, 9.17) is 4.98 Å². The van der Waals surface area contributed by atoms with Gasteiger partial charge >= 0.3 is 0 Å². The van der Waals surface area contributed by atoms with Crippen molar-refractivity contribution < 1.29 is 0 Å². The first-order chi connectivity index (χ1) is 10.0. The van der Waals surface area contributed by atoms with Gasteiger partial charge in [-0.05, 0) is 75.0 Å². The van der Waals surface area contributed by atoms with Crippen molar-refractivity contribution in [3.63, 3.8) is 0 Å². The number of hydrogen-bond donors (Lipinski definition) is 1. The zero-order valence-corrected chi connectivity index (χ0v) is 14.4. The molecule has 1 N–H and O–H groups in total. The molecule has 0 amide bonds. The lowest BCUT2D eigenvalue weighted by molar-refractivity contribution is 0.174. The molecule has 0 aromatic carbocycles. The average Bonchev–Trinajstić information content (AvgIpc) is 2.40. The molecule has 1 saturated carbocycles. The second-order valence-corrected chi connectivity index (χ2v) is 7.32. The maximum atomic E-state index is 4.79. The molecule has 3 unspecified atom stereocenters. The third-order valence-electron chi connectivity index (χ3n) is 4.85. The predicted octanol–water partition coefficient (Wildman–Crippen LogP) is 4.81. The Kier molecular flexibility index (Phi) is 5.80. The summed E-state index contributed by atoms with van der Waals surface area (Å²) in [4.78, 5) is 4.79. The molecule has 1 fully saturated rings. The van der Waals surface area contributed by atoms with Crippen LogP contribution in [0.25, 0.3) is 0 Å². The summed E-state index contributed by atoms with van der Waals surface area (Å²) in [5.74, 6) is 2.41. The predicted molar refractivity (Wildman–Crippen MR) is 90.4 cm³/mol. The zero-order valence-electron chi connectivity index (χ0n) is 14.4. The summed E-state index contributed by atoms with van der Waals surface area (Å²) in [6.45, 7) is 12.5. The molecule has 1 aromatic rings. The van der Waals surface area contributed by atoms with Crippen LogP contribution in [0.4, 0.5) is 0 Å². The standard InChI is InChI=1S/C19H32N2/c1-6-7-20-19(17-10-13(2)8-14(3)11-17)18-16(5)9-15(4)12-21-18/h9,12-14,17,19-20H,6-8,10-11H2,1-5H3. The van der Waals surface area contributed by atoms with Gasteiger partial charge < -0.3 is 5.32 Å². The third kappa shape index (κ3) is 4.29. The summed E-state index contributed by atoms with van der Waals surface area (Å²) < 4.78 is 0. The van der Waals surface area contributed by atoms with Gasteiger partial charge in [0.15, 0.2) is 0 Å². The number of rotatable bonds is 5. The van der Waals surface area contributed by atoms with Crippen LogP contribution in [-0.4, -0.2) is 11.5 Å². The molecule has 1 aliphatic rings. The quantitative estimate of drug-likeness (QED) is 0.841. The molecule has 118 valence electrons. The SMILES string of the molecule is CCCNC(c1ncc(C)cc1C)C1CC(C)CC(C)C1. The third-order valence-corrected chi connectivity index (χ3v) is 4.85. The normalized spacial score (nSPS) is 27.6. The van der Waals surface area contributed by atoms with Gasteiger partial charge in [-0.25, -0.2) is 0 Å². The molecule has 21 heavy (non-hydrogen) atoms. The van der Waals surface area contributed by atoms with E-state index in [0.29, 0.717) is 6.04 Å². The number of nitrogens with one attached hydrogen (secondary N) is 1. The van der Waals surface area contributed by atoms with Crippen LogP contribution in [0.15, 0.2) is 12.3 Å². The monoisotopic (exact) mass is 288 g/mol. The molecular weight excluding hydrogens is 256 g/mol.